The number of nitrogens with one attached hydrogen (secondary N) is 1. The first kappa shape index (κ1) is 13.4. The van der Waals surface area contributed by atoms with Crippen molar-refractivity contribution < 1.29 is 9.47 Å². The number of ether oxygens (including phenoxy) is 2. The van der Waals surface area contributed by atoms with Crippen LogP contribution in [0.5, 0.6) is 17.2 Å². The highest BCUT2D eigenvalue weighted by Crippen LogP contribution is 2.33. The first-order valence-corrected chi connectivity index (χ1v) is 6.36. The van der Waals surface area contributed by atoms with E-state index in [1.54, 1.807) is 31.4 Å². The second kappa shape index (κ2) is 5.75. The van der Waals surface area contributed by atoms with Crippen molar-refractivity contribution in [2.45, 2.75) is 0 Å². The standard InChI is InChI=1S/C14H13BrN2O2/c1-18-9-6-7-13(11(15)8-9)19-12-5-3-2-4-10(12)14(16)17/h2-8H,1H3,(H3,16,17). The minimum absolute atomic E-state index is 0.0276. The summed E-state index contributed by atoms with van der Waals surface area (Å²) in [6.07, 6.45) is 0. The Morgan fingerprint density at radius 1 is 1.16 bits per heavy atom. The zero-order valence-electron chi connectivity index (χ0n) is 10.3. The molecule has 0 amide bonds. The first-order chi connectivity index (χ1) is 9.11. The molecule has 0 aliphatic rings. The van der Waals surface area contributed by atoms with E-state index in [4.69, 9.17) is 20.6 Å². The summed E-state index contributed by atoms with van der Waals surface area (Å²) < 4.78 is 11.7. The van der Waals surface area contributed by atoms with E-state index in [-0.39, 0.29) is 5.84 Å². The molecular weight excluding hydrogens is 308 g/mol. The minimum Gasteiger partial charge on any atom is -0.497 e. The predicted octanol–water partition coefficient (Wildman–Crippen LogP) is 3.53. The number of para-hydroxylation sites is 1. The molecule has 5 heteroatoms. The Hall–Kier alpha value is -2.01. The second-order valence-corrected chi connectivity index (χ2v) is 4.66. The quantitative estimate of drug-likeness (QED) is 0.668. The predicted molar refractivity (Wildman–Crippen MR) is 78.2 cm³/mol. The first-order valence-electron chi connectivity index (χ1n) is 5.56. The van der Waals surface area contributed by atoms with Gasteiger partial charge in [0, 0.05) is 0 Å². The molecule has 0 radical (unpaired) electrons. The van der Waals surface area contributed by atoms with Gasteiger partial charge in [-0.2, -0.15) is 0 Å². The summed E-state index contributed by atoms with van der Waals surface area (Å²) in [5.74, 6) is 1.88. The molecule has 0 heterocycles. The minimum atomic E-state index is -0.0276. The van der Waals surface area contributed by atoms with E-state index in [9.17, 15) is 0 Å². The monoisotopic (exact) mass is 320 g/mol. The molecular formula is C14H13BrN2O2. The van der Waals surface area contributed by atoms with Gasteiger partial charge in [-0.3, -0.25) is 5.41 Å². The van der Waals surface area contributed by atoms with Crippen LogP contribution in [0.1, 0.15) is 5.56 Å². The average Bonchev–Trinajstić information content (AvgIpc) is 2.41. The van der Waals surface area contributed by atoms with Crippen LogP contribution in [0, 0.1) is 5.41 Å². The number of halogens is 1. The molecule has 0 aliphatic carbocycles. The number of hydrogen-bond donors (Lipinski definition) is 2. The van der Waals surface area contributed by atoms with Crippen LogP contribution in [0.15, 0.2) is 46.9 Å². The molecule has 0 aromatic heterocycles. The fraction of sp³-hybridized carbons (Fsp3) is 0.0714. The molecule has 0 saturated heterocycles. The molecule has 0 aliphatic heterocycles. The van der Waals surface area contributed by atoms with Crippen LogP contribution in [-0.4, -0.2) is 12.9 Å². The molecule has 0 saturated carbocycles. The third-order valence-electron chi connectivity index (χ3n) is 2.54. The maximum Gasteiger partial charge on any atom is 0.141 e. The Morgan fingerprint density at radius 2 is 1.89 bits per heavy atom. The largest absolute Gasteiger partial charge is 0.497 e. The highest BCUT2D eigenvalue weighted by molar-refractivity contribution is 9.10. The molecule has 0 bridgehead atoms. The summed E-state index contributed by atoms with van der Waals surface area (Å²) in [6, 6.07) is 12.6. The number of amidine groups is 1. The summed E-state index contributed by atoms with van der Waals surface area (Å²) in [4.78, 5) is 0. The fourth-order valence-electron chi connectivity index (χ4n) is 1.59. The summed E-state index contributed by atoms with van der Waals surface area (Å²) in [5, 5.41) is 7.53. The van der Waals surface area contributed by atoms with Crippen LogP contribution in [0.3, 0.4) is 0 Å². The van der Waals surface area contributed by atoms with Crippen LogP contribution in [-0.2, 0) is 0 Å². The van der Waals surface area contributed by atoms with E-state index >= 15 is 0 Å². The number of rotatable bonds is 4. The highest BCUT2D eigenvalue weighted by Gasteiger charge is 2.09. The SMILES string of the molecule is COc1ccc(Oc2ccccc2C(=N)N)c(Br)c1. The molecule has 19 heavy (non-hydrogen) atoms. The van der Waals surface area contributed by atoms with E-state index in [0.717, 1.165) is 10.2 Å². The van der Waals surface area contributed by atoms with Gasteiger partial charge in [-0.25, -0.2) is 0 Å². The third-order valence-corrected chi connectivity index (χ3v) is 3.16. The van der Waals surface area contributed by atoms with Gasteiger partial charge >= 0.3 is 0 Å². The molecule has 98 valence electrons. The van der Waals surface area contributed by atoms with Crippen molar-refractivity contribution in [2.24, 2.45) is 5.73 Å². The Bertz CT molecular complexity index is 614. The van der Waals surface area contributed by atoms with Crippen LogP contribution >= 0.6 is 15.9 Å². The van der Waals surface area contributed by atoms with E-state index in [1.807, 2.05) is 18.2 Å². The van der Waals surface area contributed by atoms with E-state index in [2.05, 4.69) is 15.9 Å². The number of methoxy groups -OCH3 is 1. The zero-order chi connectivity index (χ0) is 13.8. The molecule has 4 nitrogen and oxygen atoms in total. The van der Waals surface area contributed by atoms with Crippen molar-refractivity contribution in [1.29, 1.82) is 5.41 Å². The zero-order valence-corrected chi connectivity index (χ0v) is 11.9. The van der Waals surface area contributed by atoms with Gasteiger partial charge in [0.15, 0.2) is 0 Å². The molecule has 2 aromatic carbocycles. The highest BCUT2D eigenvalue weighted by atomic mass is 79.9. The lowest BCUT2D eigenvalue weighted by atomic mass is 10.2. The second-order valence-electron chi connectivity index (χ2n) is 3.81. The van der Waals surface area contributed by atoms with Gasteiger partial charge in [0.1, 0.15) is 23.1 Å². The lowest BCUT2D eigenvalue weighted by Crippen LogP contribution is -2.12. The summed E-state index contributed by atoms with van der Waals surface area (Å²) in [6.45, 7) is 0. The number of hydrogen-bond acceptors (Lipinski definition) is 3. The van der Waals surface area contributed by atoms with Crippen molar-refractivity contribution in [3.8, 4) is 17.2 Å². The lowest BCUT2D eigenvalue weighted by Gasteiger charge is -2.12. The van der Waals surface area contributed by atoms with Gasteiger partial charge in [0.05, 0.1) is 17.1 Å². The van der Waals surface area contributed by atoms with Gasteiger partial charge in [0.25, 0.3) is 0 Å². The lowest BCUT2D eigenvalue weighted by molar-refractivity contribution is 0.412. The topological polar surface area (TPSA) is 68.3 Å². The normalized spacial score (nSPS) is 10.0. The maximum absolute atomic E-state index is 7.53. The van der Waals surface area contributed by atoms with Crippen molar-refractivity contribution in [3.63, 3.8) is 0 Å². The van der Waals surface area contributed by atoms with Gasteiger partial charge in [0.2, 0.25) is 0 Å². The Kier molecular flexibility index (Phi) is 4.06. The fourth-order valence-corrected chi connectivity index (χ4v) is 2.03. The van der Waals surface area contributed by atoms with Gasteiger partial charge in [-0.05, 0) is 46.3 Å². The van der Waals surface area contributed by atoms with Crippen molar-refractivity contribution in [1.82, 2.24) is 0 Å². The summed E-state index contributed by atoms with van der Waals surface area (Å²) in [5.41, 5.74) is 6.08. The van der Waals surface area contributed by atoms with Crippen molar-refractivity contribution in [2.75, 3.05) is 7.11 Å². The van der Waals surface area contributed by atoms with E-state index < -0.39 is 0 Å². The third kappa shape index (κ3) is 3.06. The van der Waals surface area contributed by atoms with Gasteiger partial charge in [-0.15, -0.1) is 0 Å². The van der Waals surface area contributed by atoms with Crippen LogP contribution in [0.2, 0.25) is 0 Å². The average molecular weight is 321 g/mol. The van der Waals surface area contributed by atoms with Gasteiger partial charge < -0.3 is 15.2 Å². The van der Waals surface area contributed by atoms with Crippen LogP contribution < -0.4 is 15.2 Å². The van der Waals surface area contributed by atoms with Gasteiger partial charge in [-0.1, -0.05) is 12.1 Å². The number of nitrogen functional groups attached to an aromatic ring is 1. The molecule has 0 atom stereocenters. The van der Waals surface area contributed by atoms with Crippen molar-refractivity contribution >= 4 is 21.8 Å². The number of benzene rings is 2. The van der Waals surface area contributed by atoms with Crippen LogP contribution in [0.4, 0.5) is 0 Å². The van der Waals surface area contributed by atoms with E-state index in [0.29, 0.717) is 17.1 Å². The Labute approximate surface area is 119 Å². The maximum atomic E-state index is 7.53. The van der Waals surface area contributed by atoms with Crippen LogP contribution in [0.25, 0.3) is 0 Å². The molecule has 0 unspecified atom stereocenters. The smallest absolute Gasteiger partial charge is 0.141 e. The molecule has 2 aromatic rings. The summed E-state index contributed by atoms with van der Waals surface area (Å²) >= 11 is 3.42. The molecule has 3 N–H and O–H groups in total. The van der Waals surface area contributed by atoms with Crippen molar-refractivity contribution in [3.05, 3.63) is 52.5 Å². The van der Waals surface area contributed by atoms with E-state index in [1.165, 1.54) is 0 Å². The Balaban J connectivity index is 2.34. The molecule has 0 spiro atoms. The number of nitrogens with two attached hydrogens (primary N) is 1. The molecule has 0 fully saturated rings. The summed E-state index contributed by atoms with van der Waals surface area (Å²) in [7, 11) is 1.60. The molecule has 2 rings (SSSR count). The Morgan fingerprint density at radius 3 is 2.53 bits per heavy atom.